The average molecular weight is 224 g/mol. The third-order valence-corrected chi connectivity index (χ3v) is 2.58. The van der Waals surface area contributed by atoms with Gasteiger partial charge in [-0.3, -0.25) is 4.90 Å². The SMILES string of the molecule is COCCN(CCOC)CC(C)CCl. The van der Waals surface area contributed by atoms with Crippen LogP contribution in [0.5, 0.6) is 0 Å². The maximum atomic E-state index is 5.77. The van der Waals surface area contributed by atoms with Gasteiger partial charge in [-0.05, 0) is 5.92 Å². The maximum Gasteiger partial charge on any atom is 0.0589 e. The number of methoxy groups -OCH3 is 2. The first kappa shape index (κ1) is 14.2. The van der Waals surface area contributed by atoms with Crippen LogP contribution in [0, 0.1) is 5.92 Å². The molecule has 0 aliphatic carbocycles. The summed E-state index contributed by atoms with van der Waals surface area (Å²) < 4.78 is 10.1. The van der Waals surface area contributed by atoms with E-state index in [0.29, 0.717) is 11.8 Å². The minimum absolute atomic E-state index is 0.519. The van der Waals surface area contributed by atoms with Crippen molar-refractivity contribution in [3.05, 3.63) is 0 Å². The highest BCUT2D eigenvalue weighted by Crippen LogP contribution is 2.02. The Bertz CT molecular complexity index is 117. The van der Waals surface area contributed by atoms with E-state index in [2.05, 4.69) is 11.8 Å². The summed E-state index contributed by atoms with van der Waals surface area (Å²) in [6.07, 6.45) is 0. The molecule has 0 fully saturated rings. The topological polar surface area (TPSA) is 21.7 Å². The minimum atomic E-state index is 0.519. The predicted molar refractivity (Wildman–Crippen MR) is 60.1 cm³/mol. The summed E-state index contributed by atoms with van der Waals surface area (Å²) in [5.74, 6) is 1.22. The lowest BCUT2D eigenvalue weighted by atomic mass is 10.2. The molecule has 0 N–H and O–H groups in total. The van der Waals surface area contributed by atoms with Gasteiger partial charge in [-0.15, -0.1) is 11.6 Å². The fraction of sp³-hybridized carbons (Fsp3) is 1.00. The molecule has 0 aromatic heterocycles. The van der Waals surface area contributed by atoms with Gasteiger partial charge in [0.15, 0.2) is 0 Å². The molecule has 1 unspecified atom stereocenters. The number of halogens is 1. The summed E-state index contributed by atoms with van der Waals surface area (Å²) >= 11 is 5.77. The second-order valence-corrected chi connectivity index (χ2v) is 3.85. The van der Waals surface area contributed by atoms with Crippen molar-refractivity contribution in [1.29, 1.82) is 0 Å². The molecular formula is C10H22ClNO2. The highest BCUT2D eigenvalue weighted by atomic mass is 35.5. The Kier molecular flexibility index (Phi) is 9.83. The van der Waals surface area contributed by atoms with Crippen LogP contribution in [0.4, 0.5) is 0 Å². The molecule has 4 heteroatoms. The van der Waals surface area contributed by atoms with Gasteiger partial charge < -0.3 is 9.47 Å². The largest absolute Gasteiger partial charge is 0.383 e. The summed E-state index contributed by atoms with van der Waals surface area (Å²) in [4.78, 5) is 2.32. The number of ether oxygens (including phenoxy) is 2. The lowest BCUT2D eigenvalue weighted by molar-refractivity contribution is 0.107. The van der Waals surface area contributed by atoms with E-state index < -0.39 is 0 Å². The molecule has 0 radical (unpaired) electrons. The van der Waals surface area contributed by atoms with Crippen LogP contribution < -0.4 is 0 Å². The minimum Gasteiger partial charge on any atom is -0.383 e. The zero-order chi connectivity index (χ0) is 10.8. The molecule has 86 valence electrons. The molecule has 14 heavy (non-hydrogen) atoms. The molecule has 0 rings (SSSR count). The molecule has 0 saturated carbocycles. The van der Waals surface area contributed by atoms with E-state index in [1.165, 1.54) is 0 Å². The zero-order valence-corrected chi connectivity index (χ0v) is 10.2. The summed E-state index contributed by atoms with van der Waals surface area (Å²) in [5, 5.41) is 0. The number of rotatable bonds is 9. The number of hydrogen-bond donors (Lipinski definition) is 0. The quantitative estimate of drug-likeness (QED) is 0.553. The van der Waals surface area contributed by atoms with Crippen LogP contribution in [0.2, 0.25) is 0 Å². The van der Waals surface area contributed by atoms with Crippen LogP contribution in [-0.2, 0) is 9.47 Å². The monoisotopic (exact) mass is 223 g/mol. The first-order valence-electron chi connectivity index (χ1n) is 5.00. The average Bonchev–Trinajstić information content (AvgIpc) is 2.21. The van der Waals surface area contributed by atoms with E-state index >= 15 is 0 Å². The molecule has 0 spiro atoms. The molecule has 0 aliphatic heterocycles. The van der Waals surface area contributed by atoms with Crippen molar-refractivity contribution < 1.29 is 9.47 Å². The Morgan fingerprint density at radius 3 is 2.00 bits per heavy atom. The normalized spacial score (nSPS) is 13.5. The number of alkyl halides is 1. The smallest absolute Gasteiger partial charge is 0.0589 e. The van der Waals surface area contributed by atoms with E-state index in [-0.39, 0.29) is 0 Å². The van der Waals surface area contributed by atoms with Gasteiger partial charge in [-0.2, -0.15) is 0 Å². The third-order valence-electron chi connectivity index (χ3n) is 2.06. The first-order valence-corrected chi connectivity index (χ1v) is 5.54. The summed E-state index contributed by atoms with van der Waals surface area (Å²) in [5.41, 5.74) is 0. The molecular weight excluding hydrogens is 202 g/mol. The molecule has 0 heterocycles. The Labute approximate surface area is 92.3 Å². The standard InChI is InChI=1S/C10H22ClNO2/c1-10(8-11)9-12(4-6-13-2)5-7-14-3/h10H,4-9H2,1-3H3. The second kappa shape index (κ2) is 9.71. The van der Waals surface area contributed by atoms with Gasteiger partial charge in [0.25, 0.3) is 0 Å². The third kappa shape index (κ3) is 7.56. The van der Waals surface area contributed by atoms with E-state index in [9.17, 15) is 0 Å². The number of nitrogens with zero attached hydrogens (tertiary/aromatic N) is 1. The van der Waals surface area contributed by atoms with Crippen LogP contribution >= 0.6 is 11.6 Å². The first-order chi connectivity index (χ1) is 6.74. The molecule has 0 saturated heterocycles. The van der Waals surface area contributed by atoms with Gasteiger partial charge in [-0.1, -0.05) is 6.92 Å². The van der Waals surface area contributed by atoms with E-state index in [0.717, 1.165) is 32.8 Å². The Balaban J connectivity index is 3.71. The number of hydrogen-bond acceptors (Lipinski definition) is 3. The van der Waals surface area contributed by atoms with Gasteiger partial charge in [0.2, 0.25) is 0 Å². The van der Waals surface area contributed by atoms with Crippen molar-refractivity contribution in [1.82, 2.24) is 4.90 Å². The van der Waals surface area contributed by atoms with Crippen LogP contribution in [-0.4, -0.2) is 57.8 Å². The highest BCUT2D eigenvalue weighted by molar-refractivity contribution is 6.18. The van der Waals surface area contributed by atoms with Crippen molar-refractivity contribution >= 4 is 11.6 Å². The van der Waals surface area contributed by atoms with Gasteiger partial charge in [0.05, 0.1) is 13.2 Å². The van der Waals surface area contributed by atoms with Crippen molar-refractivity contribution in [3.8, 4) is 0 Å². The van der Waals surface area contributed by atoms with E-state index in [1.807, 2.05) is 0 Å². The second-order valence-electron chi connectivity index (χ2n) is 3.55. The predicted octanol–water partition coefficient (Wildman–Crippen LogP) is 1.46. The maximum absolute atomic E-state index is 5.77. The van der Waals surface area contributed by atoms with E-state index in [4.69, 9.17) is 21.1 Å². The van der Waals surface area contributed by atoms with E-state index in [1.54, 1.807) is 14.2 Å². The Morgan fingerprint density at radius 2 is 1.64 bits per heavy atom. The van der Waals surface area contributed by atoms with Crippen molar-refractivity contribution in [3.63, 3.8) is 0 Å². The summed E-state index contributed by atoms with van der Waals surface area (Å²) in [6, 6.07) is 0. The fourth-order valence-corrected chi connectivity index (χ4v) is 1.32. The van der Waals surface area contributed by atoms with Gasteiger partial charge in [0.1, 0.15) is 0 Å². The molecule has 0 bridgehead atoms. The van der Waals surface area contributed by atoms with Crippen LogP contribution in [0.25, 0.3) is 0 Å². The molecule has 3 nitrogen and oxygen atoms in total. The van der Waals surface area contributed by atoms with Gasteiger partial charge in [0, 0.05) is 39.7 Å². The van der Waals surface area contributed by atoms with Crippen LogP contribution in [0.1, 0.15) is 6.92 Å². The van der Waals surface area contributed by atoms with Crippen molar-refractivity contribution in [2.75, 3.05) is 52.9 Å². The van der Waals surface area contributed by atoms with Crippen LogP contribution in [0.15, 0.2) is 0 Å². The van der Waals surface area contributed by atoms with Crippen LogP contribution in [0.3, 0.4) is 0 Å². The Hall–Kier alpha value is 0.170. The van der Waals surface area contributed by atoms with Gasteiger partial charge >= 0.3 is 0 Å². The molecule has 0 amide bonds. The van der Waals surface area contributed by atoms with Crippen molar-refractivity contribution in [2.45, 2.75) is 6.92 Å². The molecule has 0 aliphatic rings. The van der Waals surface area contributed by atoms with Gasteiger partial charge in [-0.25, -0.2) is 0 Å². The lowest BCUT2D eigenvalue weighted by Gasteiger charge is -2.24. The molecule has 0 aromatic rings. The Morgan fingerprint density at radius 1 is 1.14 bits per heavy atom. The zero-order valence-electron chi connectivity index (χ0n) is 9.46. The van der Waals surface area contributed by atoms with Crippen molar-refractivity contribution in [2.24, 2.45) is 5.92 Å². The molecule has 1 atom stereocenters. The summed E-state index contributed by atoms with van der Waals surface area (Å²) in [7, 11) is 3.44. The lowest BCUT2D eigenvalue weighted by Crippen LogP contribution is -2.34. The highest BCUT2D eigenvalue weighted by Gasteiger charge is 2.08. The molecule has 0 aromatic carbocycles. The fourth-order valence-electron chi connectivity index (χ4n) is 1.22. The summed E-state index contributed by atoms with van der Waals surface area (Å²) in [6.45, 7) is 6.58.